The largest absolute Gasteiger partial charge is 0.492 e. The Balaban J connectivity index is 2.63. The van der Waals surface area contributed by atoms with Gasteiger partial charge >= 0.3 is 0 Å². The smallest absolute Gasteiger partial charge is 0.142 e. The van der Waals surface area contributed by atoms with Crippen molar-refractivity contribution in [3.63, 3.8) is 0 Å². The molecule has 0 saturated heterocycles. The number of ether oxygens (including phenoxy) is 1. The summed E-state index contributed by atoms with van der Waals surface area (Å²) in [5.74, 6) is 0.650. The highest BCUT2D eigenvalue weighted by molar-refractivity contribution is 6.35. The van der Waals surface area contributed by atoms with Crippen molar-refractivity contribution < 1.29 is 4.74 Å². The maximum absolute atomic E-state index is 6.08. The molecule has 96 valence electrons. The highest BCUT2D eigenvalue weighted by Crippen LogP contribution is 2.32. The van der Waals surface area contributed by atoms with Gasteiger partial charge in [-0.3, -0.25) is 0 Å². The second-order valence-corrected chi connectivity index (χ2v) is 4.93. The third-order valence-electron chi connectivity index (χ3n) is 2.30. The number of nitrogens with zero attached hydrogens (tertiary/aromatic N) is 1. The van der Waals surface area contributed by atoms with Crippen molar-refractivity contribution in [2.45, 2.75) is 13.0 Å². The summed E-state index contributed by atoms with van der Waals surface area (Å²) >= 11 is 12.0. The Bertz CT molecular complexity index is 370. The first-order valence-electron chi connectivity index (χ1n) is 5.50. The third kappa shape index (κ3) is 4.72. The van der Waals surface area contributed by atoms with Crippen LogP contribution in [0.3, 0.4) is 0 Å². The van der Waals surface area contributed by atoms with E-state index in [1.54, 1.807) is 12.1 Å². The molecule has 0 fully saturated rings. The van der Waals surface area contributed by atoms with Crippen molar-refractivity contribution in [3.05, 3.63) is 27.7 Å². The van der Waals surface area contributed by atoms with E-state index in [-0.39, 0.29) is 0 Å². The molecule has 1 rings (SSSR count). The van der Waals surface area contributed by atoms with E-state index < -0.39 is 0 Å². The molecule has 0 atom stereocenters. The van der Waals surface area contributed by atoms with Crippen molar-refractivity contribution in [1.82, 2.24) is 4.90 Å². The van der Waals surface area contributed by atoms with Crippen molar-refractivity contribution in [3.8, 4) is 5.75 Å². The Hall–Kier alpha value is -0.480. The maximum Gasteiger partial charge on any atom is 0.142 e. The second kappa shape index (κ2) is 7.07. The predicted molar refractivity (Wildman–Crippen MR) is 73.0 cm³/mol. The van der Waals surface area contributed by atoms with Gasteiger partial charge in [-0.2, -0.15) is 0 Å². The van der Waals surface area contributed by atoms with E-state index in [9.17, 15) is 0 Å². The van der Waals surface area contributed by atoms with Gasteiger partial charge in [0.1, 0.15) is 5.75 Å². The number of hydrogen-bond donors (Lipinski definition) is 1. The highest BCUT2D eigenvalue weighted by atomic mass is 35.5. The minimum absolute atomic E-state index is 0.364. The molecule has 0 unspecified atom stereocenters. The fourth-order valence-electron chi connectivity index (χ4n) is 1.48. The molecule has 0 aliphatic rings. The number of halogens is 2. The van der Waals surface area contributed by atoms with Crippen molar-refractivity contribution in [2.75, 3.05) is 27.2 Å². The number of nitrogens with two attached hydrogens (primary N) is 1. The van der Waals surface area contributed by atoms with Crippen LogP contribution in [0.5, 0.6) is 5.75 Å². The zero-order chi connectivity index (χ0) is 12.8. The molecule has 1 aromatic rings. The fraction of sp³-hybridized carbons (Fsp3) is 0.500. The summed E-state index contributed by atoms with van der Waals surface area (Å²) < 4.78 is 5.67. The highest BCUT2D eigenvalue weighted by Gasteiger charge is 2.09. The molecule has 0 aliphatic carbocycles. The zero-order valence-electron chi connectivity index (χ0n) is 10.2. The van der Waals surface area contributed by atoms with E-state index in [0.717, 1.165) is 18.5 Å². The van der Waals surface area contributed by atoms with Gasteiger partial charge in [-0.1, -0.05) is 23.2 Å². The average Bonchev–Trinajstić information content (AvgIpc) is 2.25. The molecule has 0 bridgehead atoms. The van der Waals surface area contributed by atoms with Gasteiger partial charge < -0.3 is 15.4 Å². The first-order valence-corrected chi connectivity index (χ1v) is 6.25. The van der Waals surface area contributed by atoms with Crippen molar-refractivity contribution in [1.29, 1.82) is 0 Å². The van der Waals surface area contributed by atoms with Crippen LogP contribution < -0.4 is 10.5 Å². The maximum atomic E-state index is 6.08. The van der Waals surface area contributed by atoms with Gasteiger partial charge in [0.25, 0.3) is 0 Å². The lowest BCUT2D eigenvalue weighted by molar-refractivity contribution is 0.279. The molecule has 2 N–H and O–H groups in total. The van der Waals surface area contributed by atoms with Gasteiger partial charge in [-0.15, -0.1) is 0 Å². The average molecular weight is 277 g/mol. The molecule has 0 aromatic heterocycles. The third-order valence-corrected chi connectivity index (χ3v) is 2.80. The van der Waals surface area contributed by atoms with Gasteiger partial charge in [-0.05, 0) is 32.6 Å². The lowest BCUT2D eigenvalue weighted by Crippen LogP contribution is -2.16. The molecule has 0 amide bonds. The van der Waals surface area contributed by atoms with Gasteiger partial charge in [0.2, 0.25) is 0 Å². The first-order chi connectivity index (χ1) is 8.04. The topological polar surface area (TPSA) is 38.5 Å². The molecule has 3 nitrogen and oxygen atoms in total. The number of rotatable bonds is 6. The second-order valence-electron chi connectivity index (χ2n) is 4.09. The summed E-state index contributed by atoms with van der Waals surface area (Å²) in [6.45, 7) is 1.96. The van der Waals surface area contributed by atoms with Crippen LogP contribution in [0.1, 0.15) is 12.0 Å². The summed E-state index contributed by atoms with van der Waals surface area (Å²) in [5.41, 5.74) is 6.48. The Kier molecular flexibility index (Phi) is 6.06. The van der Waals surface area contributed by atoms with E-state index in [0.29, 0.717) is 28.9 Å². The molecule has 0 saturated carbocycles. The van der Waals surface area contributed by atoms with E-state index in [2.05, 4.69) is 4.90 Å². The van der Waals surface area contributed by atoms with Gasteiger partial charge in [0, 0.05) is 23.7 Å². The lowest BCUT2D eigenvalue weighted by atomic mass is 10.2. The predicted octanol–water partition coefficient (Wildman–Crippen LogP) is 2.78. The number of benzene rings is 1. The van der Waals surface area contributed by atoms with Crippen LogP contribution in [0.15, 0.2) is 12.1 Å². The van der Waals surface area contributed by atoms with E-state index in [1.165, 1.54) is 0 Å². The first kappa shape index (κ1) is 14.6. The standard InChI is InChI=1S/C12H18Cl2N2O/c1-16(2)4-3-5-17-12-9(8-15)6-10(13)7-11(12)14/h6-7H,3-5,8,15H2,1-2H3. The summed E-state index contributed by atoms with van der Waals surface area (Å²) in [4.78, 5) is 2.11. The molecule has 0 aliphatic heterocycles. The van der Waals surface area contributed by atoms with Crippen molar-refractivity contribution in [2.24, 2.45) is 5.73 Å². The Morgan fingerprint density at radius 1 is 1.29 bits per heavy atom. The Morgan fingerprint density at radius 3 is 2.59 bits per heavy atom. The lowest BCUT2D eigenvalue weighted by Gasteiger charge is -2.14. The Labute approximate surface area is 112 Å². The SMILES string of the molecule is CN(C)CCCOc1c(Cl)cc(Cl)cc1CN. The molecule has 17 heavy (non-hydrogen) atoms. The van der Waals surface area contributed by atoms with Gasteiger partial charge in [0.05, 0.1) is 11.6 Å². The fourth-order valence-corrected chi connectivity index (χ4v) is 2.07. The van der Waals surface area contributed by atoms with Crippen molar-refractivity contribution >= 4 is 23.2 Å². The van der Waals surface area contributed by atoms with E-state index in [4.69, 9.17) is 33.7 Å². The monoisotopic (exact) mass is 276 g/mol. The Morgan fingerprint density at radius 2 is 2.00 bits per heavy atom. The van der Waals surface area contributed by atoms with Crippen LogP contribution >= 0.6 is 23.2 Å². The van der Waals surface area contributed by atoms with Crippen LogP contribution in [0.4, 0.5) is 0 Å². The molecule has 5 heteroatoms. The zero-order valence-corrected chi connectivity index (χ0v) is 11.7. The van der Waals surface area contributed by atoms with Crippen LogP contribution in [0.25, 0.3) is 0 Å². The molecule has 0 spiro atoms. The minimum atomic E-state index is 0.364. The molecule has 0 heterocycles. The normalized spacial score (nSPS) is 10.9. The summed E-state index contributed by atoms with van der Waals surface area (Å²) in [7, 11) is 4.06. The summed E-state index contributed by atoms with van der Waals surface area (Å²) in [5, 5.41) is 1.10. The molecule has 0 radical (unpaired) electrons. The molecular weight excluding hydrogens is 259 g/mol. The quantitative estimate of drug-likeness (QED) is 0.813. The van der Waals surface area contributed by atoms with Crippen LogP contribution in [0, 0.1) is 0 Å². The van der Waals surface area contributed by atoms with Crippen LogP contribution in [-0.4, -0.2) is 32.1 Å². The molecular formula is C12H18Cl2N2O. The van der Waals surface area contributed by atoms with Gasteiger partial charge in [0.15, 0.2) is 0 Å². The van der Waals surface area contributed by atoms with Crippen LogP contribution in [0.2, 0.25) is 10.0 Å². The molecule has 1 aromatic carbocycles. The van der Waals surface area contributed by atoms with E-state index in [1.807, 2.05) is 14.1 Å². The van der Waals surface area contributed by atoms with Crippen LogP contribution in [-0.2, 0) is 6.54 Å². The summed E-state index contributed by atoms with van der Waals surface area (Å²) in [6.07, 6.45) is 0.940. The minimum Gasteiger partial charge on any atom is -0.492 e. The summed E-state index contributed by atoms with van der Waals surface area (Å²) in [6, 6.07) is 3.46. The van der Waals surface area contributed by atoms with E-state index >= 15 is 0 Å². The van der Waals surface area contributed by atoms with Gasteiger partial charge in [-0.25, -0.2) is 0 Å². The number of hydrogen-bond acceptors (Lipinski definition) is 3.